The van der Waals surface area contributed by atoms with Crippen LogP contribution in [0.3, 0.4) is 0 Å². The molecule has 23 heavy (non-hydrogen) atoms. The minimum atomic E-state index is -1.23. The Morgan fingerprint density at radius 2 is 1.26 bits per heavy atom. The molecular formula is C19H17NOS2. The lowest BCUT2D eigenvalue weighted by atomic mass is 10.2. The molecule has 3 rings (SSSR count). The van der Waals surface area contributed by atoms with E-state index >= 15 is 0 Å². The average Bonchev–Trinajstić information content (AvgIpc) is 2.63. The van der Waals surface area contributed by atoms with Crippen molar-refractivity contribution in [1.82, 2.24) is 3.71 Å². The van der Waals surface area contributed by atoms with Crippen LogP contribution in [-0.2, 0) is 17.5 Å². The summed E-state index contributed by atoms with van der Waals surface area (Å²) in [7, 11) is -1.23. The highest BCUT2D eigenvalue weighted by atomic mass is 32.2. The second-order valence-corrected chi connectivity index (χ2v) is 7.68. The first-order valence-electron chi connectivity index (χ1n) is 7.34. The molecule has 3 aromatic rings. The van der Waals surface area contributed by atoms with Gasteiger partial charge in [0, 0.05) is 11.4 Å². The third-order valence-corrected chi connectivity index (χ3v) is 5.85. The van der Waals surface area contributed by atoms with Crippen LogP contribution in [0.5, 0.6) is 0 Å². The maximum atomic E-state index is 13.0. The molecule has 0 heterocycles. The Kier molecular flexibility index (Phi) is 5.64. The summed E-state index contributed by atoms with van der Waals surface area (Å²) >= 11 is 1.52. The maximum absolute atomic E-state index is 13.0. The van der Waals surface area contributed by atoms with E-state index in [-0.39, 0.29) is 0 Å². The standard InChI is InChI=1S/C19H17NOS2/c21-23(19-14-8-3-9-15-19)20(16-17-10-4-1-5-11-17)22-18-12-6-2-7-13-18/h1-15H,16H2. The summed E-state index contributed by atoms with van der Waals surface area (Å²) in [5.74, 6) is 0. The van der Waals surface area contributed by atoms with E-state index in [4.69, 9.17) is 0 Å². The molecule has 0 saturated carbocycles. The quantitative estimate of drug-likeness (QED) is 0.594. The number of rotatable bonds is 6. The summed E-state index contributed by atoms with van der Waals surface area (Å²) in [6.07, 6.45) is 0. The van der Waals surface area contributed by atoms with Gasteiger partial charge < -0.3 is 0 Å². The highest BCUT2D eigenvalue weighted by Crippen LogP contribution is 2.28. The lowest BCUT2D eigenvalue weighted by Crippen LogP contribution is -2.18. The first kappa shape index (κ1) is 16.0. The third-order valence-electron chi connectivity index (χ3n) is 3.23. The van der Waals surface area contributed by atoms with Crippen molar-refractivity contribution in [3.05, 3.63) is 96.6 Å². The molecule has 0 spiro atoms. The zero-order valence-electron chi connectivity index (χ0n) is 12.5. The van der Waals surface area contributed by atoms with Crippen LogP contribution in [0.25, 0.3) is 0 Å². The Labute approximate surface area is 143 Å². The van der Waals surface area contributed by atoms with E-state index in [1.54, 1.807) is 0 Å². The van der Waals surface area contributed by atoms with Crippen LogP contribution in [0.2, 0.25) is 0 Å². The van der Waals surface area contributed by atoms with Gasteiger partial charge in [-0.1, -0.05) is 66.7 Å². The van der Waals surface area contributed by atoms with Gasteiger partial charge in [0.1, 0.15) is 11.0 Å². The Morgan fingerprint density at radius 3 is 1.87 bits per heavy atom. The molecule has 2 nitrogen and oxygen atoms in total. The van der Waals surface area contributed by atoms with Crippen LogP contribution in [0.15, 0.2) is 101 Å². The highest BCUT2D eigenvalue weighted by Gasteiger charge is 2.17. The molecule has 0 aliphatic heterocycles. The molecule has 0 aliphatic carbocycles. The molecule has 1 atom stereocenters. The Morgan fingerprint density at radius 1 is 0.739 bits per heavy atom. The molecular weight excluding hydrogens is 322 g/mol. The summed E-state index contributed by atoms with van der Waals surface area (Å²) < 4.78 is 14.9. The molecule has 116 valence electrons. The van der Waals surface area contributed by atoms with Crippen molar-refractivity contribution in [2.75, 3.05) is 0 Å². The summed E-state index contributed by atoms with van der Waals surface area (Å²) in [6.45, 7) is 0.613. The van der Waals surface area contributed by atoms with Crippen molar-refractivity contribution in [2.24, 2.45) is 0 Å². The predicted molar refractivity (Wildman–Crippen MR) is 97.1 cm³/mol. The fraction of sp³-hybridized carbons (Fsp3) is 0.0526. The fourth-order valence-electron chi connectivity index (χ4n) is 2.11. The molecule has 1 unspecified atom stereocenters. The largest absolute Gasteiger partial charge is 0.236 e. The molecule has 0 aliphatic rings. The topological polar surface area (TPSA) is 20.3 Å². The van der Waals surface area contributed by atoms with E-state index in [2.05, 4.69) is 12.1 Å². The van der Waals surface area contributed by atoms with Gasteiger partial charge in [0.2, 0.25) is 0 Å². The van der Waals surface area contributed by atoms with E-state index in [1.807, 2.05) is 82.6 Å². The molecule has 0 fully saturated rings. The molecule has 3 aromatic carbocycles. The van der Waals surface area contributed by atoms with Gasteiger partial charge in [0.15, 0.2) is 0 Å². The predicted octanol–water partition coefficient (Wildman–Crippen LogP) is 4.92. The zero-order chi connectivity index (χ0) is 15.9. The first-order chi connectivity index (χ1) is 11.3. The number of hydrogen-bond donors (Lipinski definition) is 0. The SMILES string of the molecule is O=S(c1ccccc1)N(Cc1ccccc1)Sc1ccccc1. The van der Waals surface area contributed by atoms with E-state index in [1.165, 1.54) is 11.9 Å². The van der Waals surface area contributed by atoms with Gasteiger partial charge in [-0.25, -0.2) is 4.21 Å². The maximum Gasteiger partial charge on any atom is 0.138 e. The van der Waals surface area contributed by atoms with Crippen molar-refractivity contribution in [3.8, 4) is 0 Å². The zero-order valence-corrected chi connectivity index (χ0v) is 14.2. The third kappa shape index (κ3) is 4.55. The van der Waals surface area contributed by atoms with Crippen molar-refractivity contribution in [2.45, 2.75) is 16.3 Å². The monoisotopic (exact) mass is 339 g/mol. The summed E-state index contributed by atoms with van der Waals surface area (Å²) in [5, 5.41) is 0. The normalized spacial score (nSPS) is 12.2. The molecule has 0 bridgehead atoms. The second-order valence-electron chi connectivity index (χ2n) is 4.94. The minimum absolute atomic E-state index is 0.613. The van der Waals surface area contributed by atoms with Crippen LogP contribution in [-0.4, -0.2) is 7.92 Å². The van der Waals surface area contributed by atoms with Gasteiger partial charge in [0.05, 0.1) is 4.90 Å². The highest BCUT2D eigenvalue weighted by molar-refractivity contribution is 8.06. The molecule has 4 heteroatoms. The molecule has 0 radical (unpaired) electrons. The van der Waals surface area contributed by atoms with E-state index in [0.717, 1.165) is 15.4 Å². The van der Waals surface area contributed by atoms with Crippen LogP contribution in [0.1, 0.15) is 5.56 Å². The van der Waals surface area contributed by atoms with Gasteiger partial charge in [-0.3, -0.25) is 0 Å². The van der Waals surface area contributed by atoms with Crippen molar-refractivity contribution < 1.29 is 4.21 Å². The van der Waals surface area contributed by atoms with Gasteiger partial charge in [0.25, 0.3) is 0 Å². The van der Waals surface area contributed by atoms with E-state index < -0.39 is 11.0 Å². The van der Waals surface area contributed by atoms with Crippen molar-refractivity contribution in [1.29, 1.82) is 0 Å². The van der Waals surface area contributed by atoms with Crippen molar-refractivity contribution >= 4 is 22.9 Å². The Bertz CT molecular complexity index is 707. The van der Waals surface area contributed by atoms with Crippen LogP contribution in [0, 0.1) is 0 Å². The van der Waals surface area contributed by atoms with Gasteiger partial charge in [-0.05, 0) is 41.8 Å². The summed E-state index contributed by atoms with van der Waals surface area (Å²) in [5.41, 5.74) is 1.14. The van der Waals surface area contributed by atoms with Crippen LogP contribution >= 0.6 is 11.9 Å². The summed E-state index contributed by atoms with van der Waals surface area (Å²) in [4.78, 5) is 1.89. The lowest BCUT2D eigenvalue weighted by molar-refractivity contribution is 0.626. The molecule has 0 N–H and O–H groups in total. The van der Waals surface area contributed by atoms with Crippen molar-refractivity contribution in [3.63, 3.8) is 0 Å². The average molecular weight is 339 g/mol. The fourth-order valence-corrected chi connectivity index (χ4v) is 4.52. The minimum Gasteiger partial charge on any atom is -0.236 e. The Hall–Kier alpha value is -1.88. The lowest BCUT2D eigenvalue weighted by Gasteiger charge is -2.20. The van der Waals surface area contributed by atoms with E-state index in [9.17, 15) is 4.21 Å². The first-order valence-corrected chi connectivity index (χ1v) is 9.22. The van der Waals surface area contributed by atoms with Crippen LogP contribution < -0.4 is 0 Å². The number of nitrogens with zero attached hydrogens (tertiary/aromatic N) is 1. The summed E-state index contributed by atoms with van der Waals surface area (Å²) in [6, 6.07) is 29.7. The van der Waals surface area contributed by atoms with Gasteiger partial charge in [-0.2, -0.15) is 3.71 Å². The van der Waals surface area contributed by atoms with E-state index in [0.29, 0.717) is 6.54 Å². The Balaban J connectivity index is 1.85. The van der Waals surface area contributed by atoms with Crippen LogP contribution in [0.4, 0.5) is 0 Å². The number of benzene rings is 3. The second kappa shape index (κ2) is 8.11. The molecule has 0 aromatic heterocycles. The molecule has 0 saturated heterocycles. The van der Waals surface area contributed by atoms with Gasteiger partial charge in [-0.15, -0.1) is 0 Å². The molecule has 0 amide bonds. The number of hydrogen-bond acceptors (Lipinski definition) is 2. The smallest absolute Gasteiger partial charge is 0.138 e. The van der Waals surface area contributed by atoms with Gasteiger partial charge >= 0.3 is 0 Å².